The fourth-order valence-corrected chi connectivity index (χ4v) is 3.80. The molecule has 1 saturated carbocycles. The van der Waals surface area contributed by atoms with Gasteiger partial charge in [0, 0.05) is 11.5 Å². The fraction of sp³-hybridized carbons (Fsp3) is 0.941. The Balaban J connectivity index is 1.88. The van der Waals surface area contributed by atoms with Crippen LogP contribution in [-0.2, 0) is 4.79 Å². The van der Waals surface area contributed by atoms with Crippen molar-refractivity contribution in [2.45, 2.75) is 71.8 Å². The zero-order valence-electron chi connectivity index (χ0n) is 13.5. The van der Waals surface area contributed by atoms with Gasteiger partial charge in [-0.15, -0.1) is 0 Å². The third-order valence-corrected chi connectivity index (χ3v) is 5.62. The largest absolute Gasteiger partial charge is 0.353 e. The van der Waals surface area contributed by atoms with E-state index in [4.69, 9.17) is 0 Å². The molecule has 0 radical (unpaired) electrons. The highest BCUT2D eigenvalue weighted by molar-refractivity contribution is 5.82. The first kappa shape index (κ1) is 15.8. The molecule has 1 amide bonds. The maximum Gasteiger partial charge on any atom is 0.226 e. The minimum Gasteiger partial charge on any atom is -0.353 e. The van der Waals surface area contributed by atoms with Crippen LogP contribution < -0.4 is 10.6 Å². The Hall–Kier alpha value is -0.570. The number of hydrogen-bond donors (Lipinski definition) is 2. The van der Waals surface area contributed by atoms with Gasteiger partial charge in [0.25, 0.3) is 0 Å². The van der Waals surface area contributed by atoms with Gasteiger partial charge in [0.05, 0.1) is 0 Å². The van der Waals surface area contributed by atoms with Crippen LogP contribution in [0.2, 0.25) is 0 Å². The molecule has 1 heterocycles. The van der Waals surface area contributed by atoms with Crippen molar-refractivity contribution in [2.24, 2.45) is 17.3 Å². The van der Waals surface area contributed by atoms with Crippen molar-refractivity contribution in [1.82, 2.24) is 10.6 Å². The first-order valence-electron chi connectivity index (χ1n) is 8.53. The Labute approximate surface area is 124 Å². The van der Waals surface area contributed by atoms with Gasteiger partial charge < -0.3 is 10.6 Å². The number of amides is 1. The fourth-order valence-electron chi connectivity index (χ4n) is 3.80. The van der Waals surface area contributed by atoms with E-state index >= 15 is 0 Å². The summed E-state index contributed by atoms with van der Waals surface area (Å²) >= 11 is 0. The molecule has 2 atom stereocenters. The molecule has 0 aromatic carbocycles. The minimum absolute atomic E-state index is 0.254. The number of nitrogens with one attached hydrogen (secondary N) is 2. The lowest BCUT2D eigenvalue weighted by Gasteiger charge is -2.38. The topological polar surface area (TPSA) is 41.1 Å². The summed E-state index contributed by atoms with van der Waals surface area (Å²) in [6, 6.07) is 0.332. The molecule has 2 fully saturated rings. The molecular weight excluding hydrogens is 248 g/mol. The van der Waals surface area contributed by atoms with E-state index in [9.17, 15) is 4.79 Å². The van der Waals surface area contributed by atoms with E-state index in [0.29, 0.717) is 17.9 Å². The molecule has 1 unspecified atom stereocenters. The lowest BCUT2D eigenvalue weighted by molar-refractivity contribution is -0.133. The Bertz CT molecular complexity index is 315. The first-order chi connectivity index (χ1) is 9.51. The predicted octanol–water partition coefficient (Wildman–Crippen LogP) is 3.10. The predicted molar refractivity (Wildman–Crippen MR) is 83.6 cm³/mol. The third kappa shape index (κ3) is 3.75. The molecule has 1 aliphatic heterocycles. The van der Waals surface area contributed by atoms with Gasteiger partial charge in [0.2, 0.25) is 5.91 Å². The number of hydrogen-bond acceptors (Lipinski definition) is 2. The molecule has 0 aromatic heterocycles. The summed E-state index contributed by atoms with van der Waals surface area (Å²) < 4.78 is 0. The van der Waals surface area contributed by atoms with Gasteiger partial charge in [0.1, 0.15) is 0 Å². The van der Waals surface area contributed by atoms with E-state index in [-0.39, 0.29) is 11.3 Å². The van der Waals surface area contributed by atoms with E-state index in [1.54, 1.807) is 0 Å². The van der Waals surface area contributed by atoms with Gasteiger partial charge in [-0.2, -0.15) is 0 Å². The molecule has 0 spiro atoms. The lowest BCUT2D eigenvalue weighted by atomic mass is 9.74. The summed E-state index contributed by atoms with van der Waals surface area (Å²) in [4.78, 5) is 12.7. The van der Waals surface area contributed by atoms with Crippen LogP contribution in [0.15, 0.2) is 0 Å². The Kier molecular flexibility index (Phi) is 5.48. The summed E-state index contributed by atoms with van der Waals surface area (Å²) in [6.07, 6.45) is 8.97. The van der Waals surface area contributed by atoms with Gasteiger partial charge in [-0.3, -0.25) is 4.79 Å². The minimum atomic E-state index is -0.254. The Morgan fingerprint density at radius 2 is 1.85 bits per heavy atom. The van der Waals surface area contributed by atoms with Crippen molar-refractivity contribution in [3.05, 3.63) is 0 Å². The van der Waals surface area contributed by atoms with E-state index < -0.39 is 0 Å². The molecule has 2 rings (SSSR count). The van der Waals surface area contributed by atoms with Crippen molar-refractivity contribution in [3.63, 3.8) is 0 Å². The van der Waals surface area contributed by atoms with Crippen LogP contribution in [0.1, 0.15) is 65.7 Å². The highest BCUT2D eigenvalue weighted by Gasteiger charge is 2.38. The van der Waals surface area contributed by atoms with Gasteiger partial charge >= 0.3 is 0 Å². The summed E-state index contributed by atoms with van der Waals surface area (Å²) in [5, 5.41) is 6.75. The number of rotatable bonds is 4. The molecular formula is C17H32N2O. The second-order valence-electron chi connectivity index (χ2n) is 7.43. The monoisotopic (exact) mass is 280 g/mol. The van der Waals surface area contributed by atoms with Crippen LogP contribution in [0.5, 0.6) is 0 Å². The van der Waals surface area contributed by atoms with Crippen LogP contribution in [0.4, 0.5) is 0 Å². The van der Waals surface area contributed by atoms with Crippen molar-refractivity contribution < 1.29 is 4.79 Å². The van der Waals surface area contributed by atoms with Crippen LogP contribution in [0.3, 0.4) is 0 Å². The van der Waals surface area contributed by atoms with Crippen molar-refractivity contribution >= 4 is 5.91 Å². The maximum atomic E-state index is 12.7. The molecule has 3 nitrogen and oxygen atoms in total. The van der Waals surface area contributed by atoms with Crippen LogP contribution >= 0.6 is 0 Å². The van der Waals surface area contributed by atoms with Gasteiger partial charge in [-0.05, 0) is 57.5 Å². The third-order valence-electron chi connectivity index (χ3n) is 5.62. The Morgan fingerprint density at radius 3 is 2.45 bits per heavy atom. The van der Waals surface area contributed by atoms with Gasteiger partial charge in [-0.1, -0.05) is 33.1 Å². The highest BCUT2D eigenvalue weighted by Crippen LogP contribution is 2.33. The molecule has 2 aliphatic rings. The number of carbonyl (C=O) groups excluding carboxylic acids is 1. The highest BCUT2D eigenvalue weighted by atomic mass is 16.2. The zero-order chi connectivity index (χ0) is 14.6. The summed E-state index contributed by atoms with van der Waals surface area (Å²) in [6.45, 7) is 8.52. The second kappa shape index (κ2) is 6.93. The molecule has 2 N–H and O–H groups in total. The van der Waals surface area contributed by atoms with E-state index in [0.717, 1.165) is 13.1 Å². The smallest absolute Gasteiger partial charge is 0.226 e. The molecule has 1 aliphatic carbocycles. The van der Waals surface area contributed by atoms with E-state index in [1.807, 2.05) is 0 Å². The van der Waals surface area contributed by atoms with Gasteiger partial charge in [0.15, 0.2) is 0 Å². The molecule has 0 bridgehead atoms. The normalized spacial score (nSPS) is 27.1. The lowest BCUT2D eigenvalue weighted by Crippen LogP contribution is -2.50. The quantitative estimate of drug-likeness (QED) is 0.831. The second-order valence-corrected chi connectivity index (χ2v) is 7.43. The van der Waals surface area contributed by atoms with Crippen LogP contribution in [0, 0.1) is 17.3 Å². The van der Waals surface area contributed by atoms with E-state index in [2.05, 4.69) is 31.4 Å². The molecule has 1 saturated heterocycles. The number of carbonyl (C=O) groups is 1. The summed E-state index contributed by atoms with van der Waals surface area (Å²) in [7, 11) is 0. The average molecular weight is 280 g/mol. The Morgan fingerprint density at radius 1 is 1.15 bits per heavy atom. The summed E-state index contributed by atoms with van der Waals surface area (Å²) in [5.41, 5.74) is -0.254. The SMILES string of the molecule is C[C@@H](NC(=O)C(C)(C)C1CCCNC1)C1CCCCC1. The van der Waals surface area contributed by atoms with Crippen LogP contribution in [-0.4, -0.2) is 25.0 Å². The van der Waals surface area contributed by atoms with Crippen molar-refractivity contribution in [3.8, 4) is 0 Å². The average Bonchev–Trinajstić information content (AvgIpc) is 2.49. The first-order valence-corrected chi connectivity index (χ1v) is 8.53. The van der Waals surface area contributed by atoms with Gasteiger partial charge in [-0.25, -0.2) is 0 Å². The maximum absolute atomic E-state index is 12.7. The molecule has 20 heavy (non-hydrogen) atoms. The van der Waals surface area contributed by atoms with Crippen molar-refractivity contribution in [2.75, 3.05) is 13.1 Å². The molecule has 3 heteroatoms. The van der Waals surface area contributed by atoms with E-state index in [1.165, 1.54) is 44.9 Å². The molecule has 0 aromatic rings. The zero-order valence-corrected chi connectivity index (χ0v) is 13.5. The molecule has 116 valence electrons. The van der Waals surface area contributed by atoms with Crippen molar-refractivity contribution in [1.29, 1.82) is 0 Å². The number of piperidine rings is 1. The standard InChI is InChI=1S/C17H32N2O/c1-13(14-8-5-4-6-9-14)19-16(20)17(2,3)15-10-7-11-18-12-15/h13-15,18H,4-12H2,1-3H3,(H,19,20)/t13-,15?/m1/s1. The summed E-state index contributed by atoms with van der Waals surface area (Å²) in [5.74, 6) is 1.41. The van der Waals surface area contributed by atoms with Crippen LogP contribution in [0.25, 0.3) is 0 Å².